The summed E-state index contributed by atoms with van der Waals surface area (Å²) in [6, 6.07) is 0. The Hall–Kier alpha value is 0.358. The normalized spacial score (nSPS) is 24.0. The summed E-state index contributed by atoms with van der Waals surface area (Å²) in [5, 5.41) is 1.43. The predicted octanol–water partition coefficient (Wildman–Crippen LogP) is 0.306. The van der Waals surface area contributed by atoms with Crippen molar-refractivity contribution in [1.82, 2.24) is 0 Å². The van der Waals surface area contributed by atoms with Crippen molar-refractivity contribution in [2.75, 3.05) is 6.54 Å². The number of hydrogen-bond donors (Lipinski definition) is 0. The molecule has 0 saturated heterocycles. The quantitative estimate of drug-likeness (QED) is 0.405. The summed E-state index contributed by atoms with van der Waals surface area (Å²) < 4.78 is 4.01. The molecule has 0 radical (unpaired) electrons. The molecule has 0 atom stereocenters. The second kappa shape index (κ2) is 0.983. The average Bonchev–Trinajstić information content (AvgIpc) is 0.722. The van der Waals surface area contributed by atoms with Gasteiger partial charge in [0.2, 0.25) is 0 Å². The van der Waals surface area contributed by atoms with Crippen LogP contribution in [0.4, 0.5) is 0 Å². The number of nitrogens with zero attached hydrogens (tertiary/aromatic N) is 1. The summed E-state index contributed by atoms with van der Waals surface area (Å²) in [5.41, 5.74) is 0. The first kappa shape index (κ1) is 2.59. The Morgan fingerprint density at radius 2 is 2.00 bits per heavy atom. The SMILES string of the molecule is C1C[As]=N1. The van der Waals surface area contributed by atoms with Crippen LogP contribution in [0.5, 0.6) is 0 Å². The van der Waals surface area contributed by atoms with Crippen molar-refractivity contribution in [3.63, 3.8) is 0 Å². The van der Waals surface area contributed by atoms with Gasteiger partial charge in [0.25, 0.3) is 0 Å². The van der Waals surface area contributed by atoms with E-state index in [0.717, 1.165) is 0 Å². The van der Waals surface area contributed by atoms with E-state index in [9.17, 15) is 0 Å². The van der Waals surface area contributed by atoms with E-state index in [0.29, 0.717) is 15.6 Å². The fourth-order valence-electron chi connectivity index (χ4n) is 0.1000. The van der Waals surface area contributed by atoms with Gasteiger partial charge in [0, 0.05) is 0 Å². The van der Waals surface area contributed by atoms with Crippen LogP contribution < -0.4 is 0 Å². The number of rotatable bonds is 0. The zero-order valence-corrected chi connectivity index (χ0v) is 4.19. The van der Waals surface area contributed by atoms with Gasteiger partial charge < -0.3 is 0 Å². The van der Waals surface area contributed by atoms with E-state index in [1.807, 2.05) is 0 Å². The second-order valence-corrected chi connectivity index (χ2v) is 2.86. The van der Waals surface area contributed by atoms with Gasteiger partial charge in [-0.15, -0.1) is 0 Å². The summed E-state index contributed by atoms with van der Waals surface area (Å²) in [6.07, 6.45) is 0. The molecule has 0 aromatic carbocycles. The molecule has 0 saturated carbocycles. The summed E-state index contributed by atoms with van der Waals surface area (Å²) in [6.45, 7) is 1.17. The number of hydrogen-bond acceptors (Lipinski definition) is 1. The Morgan fingerprint density at radius 1 is 1.75 bits per heavy atom. The van der Waals surface area contributed by atoms with E-state index < -0.39 is 0 Å². The Bertz CT molecular complexity index is 35.3. The van der Waals surface area contributed by atoms with E-state index in [-0.39, 0.29) is 0 Å². The molecule has 0 bridgehead atoms. The first-order chi connectivity index (χ1) is 2.00. The summed E-state index contributed by atoms with van der Waals surface area (Å²) in [4.78, 5) is 0. The van der Waals surface area contributed by atoms with E-state index in [1.54, 1.807) is 0 Å². The van der Waals surface area contributed by atoms with E-state index in [4.69, 9.17) is 0 Å². The summed E-state index contributed by atoms with van der Waals surface area (Å²) in [5.74, 6) is 0. The molecule has 0 aromatic heterocycles. The molecule has 1 nitrogen and oxygen atoms in total. The van der Waals surface area contributed by atoms with E-state index in [2.05, 4.69) is 3.86 Å². The molecule has 0 N–H and O–H groups in total. The summed E-state index contributed by atoms with van der Waals surface area (Å²) >= 11 is 0.521. The van der Waals surface area contributed by atoms with Crippen molar-refractivity contribution in [1.29, 1.82) is 0 Å². The van der Waals surface area contributed by atoms with Gasteiger partial charge in [-0.05, 0) is 0 Å². The van der Waals surface area contributed by atoms with Crippen LogP contribution in [-0.2, 0) is 0 Å². The topological polar surface area (TPSA) is 12.4 Å². The third-order valence-corrected chi connectivity index (χ3v) is 2.08. The van der Waals surface area contributed by atoms with Crippen LogP contribution in [0.3, 0.4) is 0 Å². The molecule has 4 heavy (non-hydrogen) atoms. The minimum atomic E-state index is 0.521. The molecule has 1 heterocycles. The van der Waals surface area contributed by atoms with Crippen LogP contribution in [0.25, 0.3) is 0 Å². The molecule has 0 unspecified atom stereocenters. The molecule has 0 spiro atoms. The van der Waals surface area contributed by atoms with Crippen LogP contribution in [0, 0.1) is 0 Å². The van der Waals surface area contributed by atoms with Crippen molar-refractivity contribution in [2.45, 2.75) is 5.21 Å². The van der Waals surface area contributed by atoms with Gasteiger partial charge in [0.05, 0.1) is 0 Å². The Labute approximate surface area is 31.9 Å². The molecular formula is C2H4AsN. The van der Waals surface area contributed by atoms with Crippen LogP contribution in [-0.4, -0.2) is 22.1 Å². The standard InChI is InChI=1S/C2H4AsN/c1-2-4-3-1/h1-2H2. The van der Waals surface area contributed by atoms with Crippen LogP contribution >= 0.6 is 0 Å². The van der Waals surface area contributed by atoms with Crippen molar-refractivity contribution in [3.05, 3.63) is 0 Å². The van der Waals surface area contributed by atoms with Gasteiger partial charge in [-0.2, -0.15) is 0 Å². The van der Waals surface area contributed by atoms with E-state index in [1.165, 1.54) is 11.8 Å². The van der Waals surface area contributed by atoms with Gasteiger partial charge in [0.1, 0.15) is 0 Å². The van der Waals surface area contributed by atoms with Gasteiger partial charge in [-0.1, -0.05) is 0 Å². The zero-order valence-electron chi connectivity index (χ0n) is 2.31. The zero-order chi connectivity index (χ0) is 2.83. The molecule has 22 valence electrons. The monoisotopic (exact) mass is 117 g/mol. The minimum absolute atomic E-state index is 0.521. The maximum atomic E-state index is 4.01. The van der Waals surface area contributed by atoms with Crippen molar-refractivity contribution >= 4 is 15.6 Å². The van der Waals surface area contributed by atoms with Crippen molar-refractivity contribution in [3.8, 4) is 0 Å². The molecule has 2 heteroatoms. The fourth-order valence-corrected chi connectivity index (χ4v) is 0.520. The molecular weight excluding hydrogens is 113 g/mol. The molecule has 0 amide bonds. The first-order valence-corrected chi connectivity index (χ1v) is 3.50. The summed E-state index contributed by atoms with van der Waals surface area (Å²) in [7, 11) is 0. The fraction of sp³-hybridized carbons (Fsp3) is 1.00. The van der Waals surface area contributed by atoms with Crippen LogP contribution in [0.15, 0.2) is 3.86 Å². The van der Waals surface area contributed by atoms with E-state index >= 15 is 0 Å². The van der Waals surface area contributed by atoms with Crippen LogP contribution in [0.1, 0.15) is 0 Å². The van der Waals surface area contributed by atoms with Gasteiger partial charge in [-0.25, -0.2) is 0 Å². The molecule has 0 fully saturated rings. The second-order valence-electron chi connectivity index (χ2n) is 0.730. The third-order valence-electron chi connectivity index (χ3n) is 0.400. The Kier molecular flexibility index (Phi) is 0.636. The van der Waals surface area contributed by atoms with Gasteiger partial charge >= 0.3 is 31.2 Å². The molecule has 0 aliphatic carbocycles. The van der Waals surface area contributed by atoms with Gasteiger partial charge in [-0.3, -0.25) is 0 Å². The van der Waals surface area contributed by atoms with Gasteiger partial charge in [0.15, 0.2) is 0 Å². The van der Waals surface area contributed by atoms with Crippen molar-refractivity contribution < 1.29 is 0 Å². The Morgan fingerprint density at radius 3 is 2.00 bits per heavy atom. The first-order valence-electron chi connectivity index (χ1n) is 1.33. The van der Waals surface area contributed by atoms with Crippen LogP contribution in [0.2, 0.25) is 5.21 Å². The Balaban J connectivity index is 2.47. The van der Waals surface area contributed by atoms with Crippen molar-refractivity contribution in [2.24, 2.45) is 3.86 Å². The average molecular weight is 117 g/mol. The molecule has 1 aliphatic rings. The molecule has 1 rings (SSSR count). The molecule has 1 aliphatic heterocycles. The predicted molar refractivity (Wildman–Crippen MR) is 17.9 cm³/mol. The third kappa shape index (κ3) is 0.229. The maximum absolute atomic E-state index is 4.01. The molecule has 0 aromatic rings.